The first-order valence-corrected chi connectivity index (χ1v) is 8.00. The van der Waals surface area contributed by atoms with E-state index in [4.69, 9.17) is 16.3 Å². The van der Waals surface area contributed by atoms with E-state index in [0.29, 0.717) is 30.2 Å². The van der Waals surface area contributed by atoms with Crippen molar-refractivity contribution in [2.45, 2.75) is 37.9 Å². The molecule has 0 saturated carbocycles. The molecule has 22 heavy (non-hydrogen) atoms. The standard InChI is InChI=1S/C16H20ClFN2O2/c1-10-9-22-5-4-20(10)12-7-15(19-16(21)8-12)13-6-11(18)2-3-14(13)17/h2-3,6,10,12,15H,4-5,7-9H2,1H3,(H,19,21)/t10-,12?,15?/m1/s1. The second-order valence-corrected chi connectivity index (χ2v) is 6.45. The van der Waals surface area contributed by atoms with Gasteiger partial charge >= 0.3 is 0 Å². The number of hydrogen-bond acceptors (Lipinski definition) is 3. The molecule has 0 spiro atoms. The molecule has 1 aromatic rings. The molecule has 0 radical (unpaired) electrons. The highest BCUT2D eigenvalue weighted by atomic mass is 35.5. The molecular formula is C16H20ClFN2O2. The maximum atomic E-state index is 13.5. The third-order valence-corrected chi connectivity index (χ3v) is 4.83. The van der Waals surface area contributed by atoms with Crippen LogP contribution < -0.4 is 5.32 Å². The molecule has 2 fully saturated rings. The first kappa shape index (κ1) is 15.7. The smallest absolute Gasteiger partial charge is 0.222 e. The van der Waals surface area contributed by atoms with Gasteiger partial charge in [0, 0.05) is 30.1 Å². The molecule has 1 aromatic carbocycles. The van der Waals surface area contributed by atoms with Crippen LogP contribution in [0.1, 0.15) is 31.4 Å². The van der Waals surface area contributed by atoms with Gasteiger partial charge in [0.15, 0.2) is 0 Å². The van der Waals surface area contributed by atoms with Crippen molar-refractivity contribution >= 4 is 17.5 Å². The van der Waals surface area contributed by atoms with Crippen LogP contribution in [0.15, 0.2) is 18.2 Å². The van der Waals surface area contributed by atoms with E-state index in [2.05, 4.69) is 17.1 Å². The van der Waals surface area contributed by atoms with Gasteiger partial charge in [0.1, 0.15) is 5.82 Å². The molecule has 1 amide bonds. The van der Waals surface area contributed by atoms with Gasteiger partial charge in [-0.3, -0.25) is 9.69 Å². The van der Waals surface area contributed by atoms with Crippen molar-refractivity contribution in [2.24, 2.45) is 0 Å². The van der Waals surface area contributed by atoms with E-state index in [1.807, 2.05) is 0 Å². The summed E-state index contributed by atoms with van der Waals surface area (Å²) in [5.41, 5.74) is 0.653. The minimum atomic E-state index is -0.337. The SMILES string of the molecule is C[C@@H]1COCCN1C1CC(=O)NC(c2cc(F)ccc2Cl)C1. The number of piperidine rings is 1. The number of morpholine rings is 1. The van der Waals surface area contributed by atoms with Crippen LogP contribution in [0.3, 0.4) is 0 Å². The van der Waals surface area contributed by atoms with Gasteiger partial charge in [-0.05, 0) is 37.1 Å². The number of carbonyl (C=O) groups is 1. The van der Waals surface area contributed by atoms with E-state index < -0.39 is 0 Å². The summed E-state index contributed by atoms with van der Waals surface area (Å²) in [6, 6.07) is 4.46. The lowest BCUT2D eigenvalue weighted by Crippen LogP contribution is -2.54. The maximum absolute atomic E-state index is 13.5. The zero-order chi connectivity index (χ0) is 15.7. The molecule has 0 bridgehead atoms. The van der Waals surface area contributed by atoms with Crippen molar-refractivity contribution < 1.29 is 13.9 Å². The molecule has 2 aliphatic heterocycles. The summed E-state index contributed by atoms with van der Waals surface area (Å²) in [6.07, 6.45) is 1.20. The quantitative estimate of drug-likeness (QED) is 0.908. The number of halogens is 2. The van der Waals surface area contributed by atoms with Crippen molar-refractivity contribution in [3.05, 3.63) is 34.6 Å². The Hall–Kier alpha value is -1.17. The lowest BCUT2D eigenvalue weighted by molar-refractivity contribution is -0.127. The Morgan fingerprint density at radius 1 is 1.45 bits per heavy atom. The lowest BCUT2D eigenvalue weighted by atomic mass is 9.91. The Kier molecular flexibility index (Phi) is 4.66. The van der Waals surface area contributed by atoms with E-state index in [0.717, 1.165) is 13.0 Å². The van der Waals surface area contributed by atoms with E-state index in [9.17, 15) is 9.18 Å². The number of hydrogen-bond donors (Lipinski definition) is 1. The van der Waals surface area contributed by atoms with Gasteiger partial charge in [-0.15, -0.1) is 0 Å². The molecule has 2 unspecified atom stereocenters. The highest BCUT2D eigenvalue weighted by Crippen LogP contribution is 2.32. The van der Waals surface area contributed by atoms with Crippen LogP contribution in [0.2, 0.25) is 5.02 Å². The summed E-state index contributed by atoms with van der Waals surface area (Å²) in [7, 11) is 0. The lowest BCUT2D eigenvalue weighted by Gasteiger charge is -2.43. The average molecular weight is 327 g/mol. The van der Waals surface area contributed by atoms with Crippen LogP contribution in [0.25, 0.3) is 0 Å². The summed E-state index contributed by atoms with van der Waals surface area (Å²) >= 11 is 6.19. The van der Waals surface area contributed by atoms with Crippen LogP contribution in [-0.4, -0.2) is 42.6 Å². The van der Waals surface area contributed by atoms with Crippen molar-refractivity contribution in [1.29, 1.82) is 0 Å². The van der Waals surface area contributed by atoms with Gasteiger partial charge in [0.2, 0.25) is 5.91 Å². The van der Waals surface area contributed by atoms with Crippen molar-refractivity contribution in [3.8, 4) is 0 Å². The fraction of sp³-hybridized carbons (Fsp3) is 0.562. The molecule has 2 heterocycles. The summed E-state index contributed by atoms with van der Waals surface area (Å²) in [6.45, 7) is 4.30. The van der Waals surface area contributed by atoms with Crippen LogP contribution in [0.5, 0.6) is 0 Å². The summed E-state index contributed by atoms with van der Waals surface area (Å²) < 4.78 is 19.0. The Morgan fingerprint density at radius 2 is 2.27 bits per heavy atom. The monoisotopic (exact) mass is 326 g/mol. The Morgan fingerprint density at radius 3 is 3.05 bits per heavy atom. The van der Waals surface area contributed by atoms with Gasteiger partial charge in [0.25, 0.3) is 0 Å². The number of benzene rings is 1. The zero-order valence-electron chi connectivity index (χ0n) is 12.5. The largest absolute Gasteiger partial charge is 0.379 e. The van der Waals surface area contributed by atoms with Gasteiger partial charge in [-0.2, -0.15) is 0 Å². The Bertz CT molecular complexity index is 569. The first-order chi connectivity index (χ1) is 10.5. The van der Waals surface area contributed by atoms with E-state index in [-0.39, 0.29) is 29.8 Å². The topological polar surface area (TPSA) is 41.6 Å². The fourth-order valence-electron chi connectivity index (χ4n) is 3.40. The molecule has 4 nitrogen and oxygen atoms in total. The van der Waals surface area contributed by atoms with Gasteiger partial charge in [-0.1, -0.05) is 11.6 Å². The predicted molar refractivity (Wildman–Crippen MR) is 82.3 cm³/mol. The molecule has 0 aromatic heterocycles. The third-order valence-electron chi connectivity index (χ3n) is 4.49. The number of carbonyl (C=O) groups excluding carboxylic acids is 1. The predicted octanol–water partition coefficient (Wildman–Crippen LogP) is 2.52. The van der Waals surface area contributed by atoms with E-state index in [1.165, 1.54) is 12.1 Å². The minimum absolute atomic E-state index is 0.0136. The van der Waals surface area contributed by atoms with Gasteiger partial charge in [0.05, 0.1) is 19.3 Å². The molecule has 3 atom stereocenters. The minimum Gasteiger partial charge on any atom is -0.379 e. The van der Waals surface area contributed by atoms with Crippen molar-refractivity contribution in [3.63, 3.8) is 0 Å². The normalized spacial score (nSPS) is 30.1. The summed E-state index contributed by atoms with van der Waals surface area (Å²) in [4.78, 5) is 14.4. The van der Waals surface area contributed by atoms with Gasteiger partial charge in [-0.25, -0.2) is 4.39 Å². The van der Waals surface area contributed by atoms with Crippen LogP contribution in [0, 0.1) is 5.82 Å². The molecule has 3 rings (SSSR count). The summed E-state index contributed by atoms with van der Waals surface area (Å²) in [5, 5.41) is 3.42. The van der Waals surface area contributed by atoms with Crippen molar-refractivity contribution in [2.75, 3.05) is 19.8 Å². The van der Waals surface area contributed by atoms with Crippen LogP contribution >= 0.6 is 11.6 Å². The summed E-state index contributed by atoms with van der Waals surface area (Å²) in [5.74, 6) is -0.351. The van der Waals surface area contributed by atoms with Gasteiger partial charge < -0.3 is 10.1 Å². The molecule has 120 valence electrons. The number of nitrogens with zero attached hydrogens (tertiary/aromatic N) is 1. The third kappa shape index (κ3) is 3.26. The number of rotatable bonds is 2. The van der Waals surface area contributed by atoms with E-state index in [1.54, 1.807) is 6.07 Å². The molecule has 0 aliphatic carbocycles. The number of ether oxygens (including phenoxy) is 1. The van der Waals surface area contributed by atoms with Crippen LogP contribution in [0.4, 0.5) is 4.39 Å². The maximum Gasteiger partial charge on any atom is 0.222 e. The molecule has 1 N–H and O–H groups in total. The molecule has 2 aliphatic rings. The molecular weight excluding hydrogens is 307 g/mol. The molecule has 6 heteroatoms. The molecule has 2 saturated heterocycles. The van der Waals surface area contributed by atoms with Crippen LogP contribution in [-0.2, 0) is 9.53 Å². The second-order valence-electron chi connectivity index (χ2n) is 6.04. The van der Waals surface area contributed by atoms with E-state index >= 15 is 0 Å². The second kappa shape index (κ2) is 6.52. The number of nitrogens with one attached hydrogen (secondary N) is 1. The highest BCUT2D eigenvalue weighted by Gasteiger charge is 2.35. The first-order valence-electron chi connectivity index (χ1n) is 7.62. The average Bonchev–Trinajstić information content (AvgIpc) is 2.49. The Balaban J connectivity index is 1.81. The Labute approximate surface area is 134 Å². The highest BCUT2D eigenvalue weighted by molar-refractivity contribution is 6.31. The van der Waals surface area contributed by atoms with Crippen molar-refractivity contribution in [1.82, 2.24) is 10.2 Å². The zero-order valence-corrected chi connectivity index (χ0v) is 13.3. The number of amides is 1. The fourth-order valence-corrected chi connectivity index (χ4v) is 3.65.